The van der Waals surface area contributed by atoms with Gasteiger partial charge in [-0.3, -0.25) is 4.90 Å². The highest BCUT2D eigenvalue weighted by Gasteiger charge is 2.29. The molecule has 26 heavy (non-hydrogen) atoms. The van der Waals surface area contributed by atoms with E-state index in [2.05, 4.69) is 15.1 Å². The minimum absolute atomic E-state index is 0.205. The van der Waals surface area contributed by atoms with E-state index in [0.717, 1.165) is 42.9 Å². The maximum atomic E-state index is 9.95. The Kier molecular flexibility index (Phi) is 4.58. The molecule has 1 fully saturated rings. The molecular weight excluding hydrogens is 330 g/mol. The van der Waals surface area contributed by atoms with Gasteiger partial charge in [0.15, 0.2) is 0 Å². The number of phenols is 1. The van der Waals surface area contributed by atoms with Crippen LogP contribution >= 0.6 is 0 Å². The fourth-order valence-electron chi connectivity index (χ4n) is 3.39. The van der Waals surface area contributed by atoms with Crippen LogP contribution in [-0.2, 0) is 6.54 Å². The Hall–Kier alpha value is -2.86. The number of nitrogens with zero attached hydrogens (tertiary/aromatic N) is 3. The van der Waals surface area contributed by atoms with Crippen molar-refractivity contribution in [2.24, 2.45) is 0 Å². The van der Waals surface area contributed by atoms with E-state index in [-0.39, 0.29) is 5.92 Å². The molecule has 0 bridgehead atoms. The molecule has 4 rings (SSSR count). The summed E-state index contributed by atoms with van der Waals surface area (Å²) in [5.41, 5.74) is 1.74. The van der Waals surface area contributed by atoms with Crippen molar-refractivity contribution < 1.29 is 14.3 Å². The van der Waals surface area contributed by atoms with Crippen LogP contribution in [0.1, 0.15) is 23.8 Å². The van der Waals surface area contributed by atoms with Gasteiger partial charge in [-0.05, 0) is 31.2 Å². The molecule has 0 radical (unpaired) electrons. The van der Waals surface area contributed by atoms with Crippen LogP contribution in [0.4, 0.5) is 0 Å². The number of aromatic hydroxyl groups is 1. The predicted octanol–water partition coefficient (Wildman–Crippen LogP) is 3.44. The van der Waals surface area contributed by atoms with Gasteiger partial charge >= 0.3 is 0 Å². The van der Waals surface area contributed by atoms with Gasteiger partial charge in [0.25, 0.3) is 5.89 Å². The minimum Gasteiger partial charge on any atom is -0.508 e. The molecule has 6 nitrogen and oxygen atoms in total. The van der Waals surface area contributed by atoms with Gasteiger partial charge in [-0.1, -0.05) is 30.3 Å². The molecule has 3 aromatic rings. The number of aromatic nitrogens is 2. The van der Waals surface area contributed by atoms with Gasteiger partial charge in [-0.2, -0.15) is 0 Å². The number of rotatable bonds is 5. The highest BCUT2D eigenvalue weighted by Crippen LogP contribution is 2.33. The summed E-state index contributed by atoms with van der Waals surface area (Å²) in [4.78, 5) is 2.30. The van der Waals surface area contributed by atoms with Crippen molar-refractivity contribution >= 4 is 0 Å². The van der Waals surface area contributed by atoms with Crippen molar-refractivity contribution in [2.75, 3.05) is 20.2 Å². The molecule has 1 N–H and O–H groups in total. The molecule has 0 spiro atoms. The number of hydrogen-bond donors (Lipinski definition) is 1. The average molecular weight is 351 g/mol. The molecule has 1 aromatic heterocycles. The second-order valence-electron chi connectivity index (χ2n) is 6.50. The standard InChI is InChI=1S/C20H21N3O3/c1-25-18-9-5-3-7-16(18)20-22-21-19(26-20)15-10-11-23(13-15)12-14-6-2-4-8-17(14)24/h2-9,15,24H,10-13H2,1H3/t15-/m0/s1. The SMILES string of the molecule is COc1ccccc1-c1nnc([C@H]2CCN(Cc3ccccc3O)C2)o1. The summed E-state index contributed by atoms with van der Waals surface area (Å²) >= 11 is 0. The Morgan fingerprint density at radius 2 is 1.96 bits per heavy atom. The molecule has 0 aliphatic carbocycles. The van der Waals surface area contributed by atoms with Gasteiger partial charge in [0.2, 0.25) is 5.89 Å². The number of methoxy groups -OCH3 is 1. The van der Waals surface area contributed by atoms with Crippen LogP contribution in [0.5, 0.6) is 11.5 Å². The van der Waals surface area contributed by atoms with Crippen molar-refractivity contribution in [3.63, 3.8) is 0 Å². The summed E-state index contributed by atoms with van der Waals surface area (Å²) in [6.07, 6.45) is 0.959. The number of likely N-dealkylation sites (tertiary alicyclic amines) is 1. The first kappa shape index (κ1) is 16.6. The lowest BCUT2D eigenvalue weighted by atomic mass is 10.1. The molecule has 0 saturated carbocycles. The summed E-state index contributed by atoms with van der Waals surface area (Å²) in [6, 6.07) is 15.1. The van der Waals surface area contributed by atoms with E-state index in [1.165, 1.54) is 0 Å². The predicted molar refractivity (Wildman–Crippen MR) is 97.0 cm³/mol. The second-order valence-corrected chi connectivity index (χ2v) is 6.50. The lowest BCUT2D eigenvalue weighted by molar-refractivity contribution is 0.314. The van der Waals surface area contributed by atoms with Gasteiger partial charge in [-0.25, -0.2) is 0 Å². The number of phenolic OH excluding ortho intramolecular Hbond substituents is 1. The van der Waals surface area contributed by atoms with Crippen molar-refractivity contribution in [3.8, 4) is 23.0 Å². The summed E-state index contributed by atoms with van der Waals surface area (Å²) in [6.45, 7) is 2.49. The van der Waals surface area contributed by atoms with E-state index >= 15 is 0 Å². The Labute approximate surface area is 152 Å². The zero-order valence-corrected chi connectivity index (χ0v) is 14.6. The Morgan fingerprint density at radius 3 is 2.81 bits per heavy atom. The fourth-order valence-corrected chi connectivity index (χ4v) is 3.39. The van der Waals surface area contributed by atoms with E-state index in [1.54, 1.807) is 13.2 Å². The Morgan fingerprint density at radius 1 is 1.15 bits per heavy atom. The highest BCUT2D eigenvalue weighted by atomic mass is 16.5. The first-order chi connectivity index (χ1) is 12.7. The van der Waals surface area contributed by atoms with Gasteiger partial charge < -0.3 is 14.3 Å². The molecular formula is C20H21N3O3. The van der Waals surface area contributed by atoms with Crippen LogP contribution in [0, 0.1) is 0 Å². The van der Waals surface area contributed by atoms with Gasteiger partial charge in [0.05, 0.1) is 18.6 Å². The fraction of sp³-hybridized carbons (Fsp3) is 0.300. The summed E-state index contributed by atoms with van der Waals surface area (Å²) in [5, 5.41) is 18.4. The molecule has 134 valence electrons. The average Bonchev–Trinajstić information content (AvgIpc) is 3.33. The highest BCUT2D eigenvalue weighted by molar-refractivity contribution is 5.62. The first-order valence-electron chi connectivity index (χ1n) is 8.70. The maximum absolute atomic E-state index is 9.95. The second kappa shape index (κ2) is 7.17. The van der Waals surface area contributed by atoms with E-state index in [1.807, 2.05) is 42.5 Å². The zero-order chi connectivity index (χ0) is 17.9. The van der Waals surface area contributed by atoms with Gasteiger partial charge in [0, 0.05) is 18.7 Å². The molecule has 6 heteroatoms. The Balaban J connectivity index is 1.47. The molecule has 2 heterocycles. The largest absolute Gasteiger partial charge is 0.508 e. The maximum Gasteiger partial charge on any atom is 0.251 e. The van der Waals surface area contributed by atoms with E-state index < -0.39 is 0 Å². The molecule has 1 aliphatic heterocycles. The lowest BCUT2D eigenvalue weighted by Crippen LogP contribution is -2.19. The van der Waals surface area contributed by atoms with Crippen LogP contribution < -0.4 is 4.74 Å². The third-order valence-electron chi connectivity index (χ3n) is 4.79. The molecule has 1 saturated heterocycles. The van der Waals surface area contributed by atoms with E-state index in [9.17, 15) is 5.11 Å². The third-order valence-corrected chi connectivity index (χ3v) is 4.79. The van der Waals surface area contributed by atoms with E-state index in [4.69, 9.17) is 9.15 Å². The number of hydrogen-bond acceptors (Lipinski definition) is 6. The third kappa shape index (κ3) is 3.28. The van der Waals surface area contributed by atoms with Crippen molar-refractivity contribution in [1.82, 2.24) is 15.1 Å². The number of benzene rings is 2. The first-order valence-corrected chi connectivity index (χ1v) is 8.70. The van der Waals surface area contributed by atoms with Crippen LogP contribution in [0.3, 0.4) is 0 Å². The lowest BCUT2D eigenvalue weighted by Gasteiger charge is -2.15. The summed E-state index contributed by atoms with van der Waals surface area (Å²) in [7, 11) is 1.63. The summed E-state index contributed by atoms with van der Waals surface area (Å²) < 4.78 is 11.3. The van der Waals surface area contributed by atoms with Crippen molar-refractivity contribution in [1.29, 1.82) is 0 Å². The normalized spacial score (nSPS) is 17.5. The monoisotopic (exact) mass is 351 g/mol. The smallest absolute Gasteiger partial charge is 0.251 e. The van der Waals surface area contributed by atoms with Crippen LogP contribution in [-0.4, -0.2) is 40.4 Å². The molecule has 2 aromatic carbocycles. The topological polar surface area (TPSA) is 71.6 Å². The quantitative estimate of drug-likeness (QED) is 0.759. The van der Waals surface area contributed by atoms with E-state index in [0.29, 0.717) is 17.5 Å². The molecule has 1 aliphatic rings. The molecule has 1 atom stereocenters. The van der Waals surface area contributed by atoms with Crippen molar-refractivity contribution in [2.45, 2.75) is 18.9 Å². The van der Waals surface area contributed by atoms with Crippen LogP contribution in [0.2, 0.25) is 0 Å². The van der Waals surface area contributed by atoms with Gasteiger partial charge in [0.1, 0.15) is 11.5 Å². The minimum atomic E-state index is 0.205. The van der Waals surface area contributed by atoms with Gasteiger partial charge in [-0.15, -0.1) is 10.2 Å². The zero-order valence-electron chi connectivity index (χ0n) is 14.6. The van der Waals surface area contributed by atoms with Crippen LogP contribution in [0.15, 0.2) is 52.9 Å². The number of para-hydroxylation sites is 2. The van der Waals surface area contributed by atoms with Crippen molar-refractivity contribution in [3.05, 3.63) is 60.0 Å². The Bertz CT molecular complexity index is 893. The van der Waals surface area contributed by atoms with Crippen LogP contribution in [0.25, 0.3) is 11.5 Å². The summed E-state index contributed by atoms with van der Waals surface area (Å²) in [5.74, 6) is 2.40. The number of ether oxygens (including phenoxy) is 1. The molecule has 0 amide bonds. The molecule has 0 unspecified atom stereocenters.